The Morgan fingerprint density at radius 2 is 2.31 bits per heavy atom. The molecular weight excluding hydrogens is 166 g/mol. The maximum Gasteiger partial charge on any atom is 0.231 e. The second-order valence-electron chi connectivity index (χ2n) is 2.58. The van der Waals surface area contributed by atoms with E-state index in [4.69, 9.17) is 14.7 Å². The fourth-order valence-corrected chi connectivity index (χ4v) is 1.27. The first-order valence-corrected chi connectivity index (χ1v) is 3.82. The first-order chi connectivity index (χ1) is 6.36. The van der Waals surface area contributed by atoms with Gasteiger partial charge in [0.1, 0.15) is 11.6 Å². The van der Waals surface area contributed by atoms with Crippen molar-refractivity contribution in [1.82, 2.24) is 0 Å². The maximum absolute atomic E-state index is 8.88. The minimum Gasteiger partial charge on any atom is -0.454 e. The van der Waals surface area contributed by atoms with Gasteiger partial charge in [-0.2, -0.15) is 5.26 Å². The Kier molecular flexibility index (Phi) is 1.67. The number of ether oxygens (including phenoxy) is 2. The van der Waals surface area contributed by atoms with Crippen LogP contribution < -0.4 is 9.47 Å². The van der Waals surface area contributed by atoms with Gasteiger partial charge in [0.2, 0.25) is 6.79 Å². The van der Waals surface area contributed by atoms with Gasteiger partial charge in [-0.05, 0) is 17.7 Å². The van der Waals surface area contributed by atoms with Crippen LogP contribution in [0.3, 0.4) is 0 Å². The number of fused-ring (bicyclic) bond motifs is 1. The molecule has 1 aromatic carbocycles. The van der Waals surface area contributed by atoms with Crippen molar-refractivity contribution < 1.29 is 9.47 Å². The van der Waals surface area contributed by atoms with Crippen LogP contribution in [0.4, 0.5) is 0 Å². The molecule has 0 aromatic heterocycles. The summed E-state index contributed by atoms with van der Waals surface area (Å²) in [5, 5.41) is 8.88. The van der Waals surface area contributed by atoms with Gasteiger partial charge in [-0.1, -0.05) is 12.7 Å². The summed E-state index contributed by atoms with van der Waals surface area (Å²) in [6, 6.07) is 5.64. The summed E-state index contributed by atoms with van der Waals surface area (Å²) in [6.07, 6.45) is 1.63. The highest BCUT2D eigenvalue weighted by Crippen LogP contribution is 2.37. The van der Waals surface area contributed by atoms with E-state index in [-0.39, 0.29) is 6.79 Å². The predicted molar refractivity (Wildman–Crippen MR) is 47.4 cm³/mol. The summed E-state index contributed by atoms with van der Waals surface area (Å²) in [5.41, 5.74) is 1.26. The van der Waals surface area contributed by atoms with Crippen molar-refractivity contribution in [2.24, 2.45) is 0 Å². The molecule has 0 atom stereocenters. The van der Waals surface area contributed by atoms with E-state index in [1.807, 2.05) is 0 Å². The SMILES string of the molecule is C=Cc1ccc2c(c1C#N)OCO2. The highest BCUT2D eigenvalue weighted by molar-refractivity contribution is 5.66. The Labute approximate surface area is 75.8 Å². The maximum atomic E-state index is 8.88. The minimum atomic E-state index is 0.185. The van der Waals surface area contributed by atoms with Gasteiger partial charge in [0.15, 0.2) is 11.5 Å². The van der Waals surface area contributed by atoms with E-state index in [0.29, 0.717) is 17.1 Å². The Morgan fingerprint density at radius 1 is 1.46 bits per heavy atom. The summed E-state index contributed by atoms with van der Waals surface area (Å²) in [4.78, 5) is 0. The molecule has 1 heterocycles. The fraction of sp³-hybridized carbons (Fsp3) is 0.100. The molecule has 64 valence electrons. The first-order valence-electron chi connectivity index (χ1n) is 3.82. The number of hydrogen-bond acceptors (Lipinski definition) is 3. The molecule has 0 bridgehead atoms. The molecule has 1 aliphatic heterocycles. The number of nitrogens with zero attached hydrogens (tertiary/aromatic N) is 1. The largest absolute Gasteiger partial charge is 0.454 e. The molecular formula is C10H7NO2. The zero-order valence-corrected chi connectivity index (χ0v) is 6.91. The number of benzene rings is 1. The van der Waals surface area contributed by atoms with Crippen molar-refractivity contribution in [3.63, 3.8) is 0 Å². The third-order valence-corrected chi connectivity index (χ3v) is 1.90. The Bertz CT molecular complexity index is 404. The van der Waals surface area contributed by atoms with Crippen LogP contribution in [0.2, 0.25) is 0 Å². The van der Waals surface area contributed by atoms with Gasteiger partial charge in [-0.15, -0.1) is 0 Å². The Hall–Kier alpha value is -1.95. The average molecular weight is 173 g/mol. The smallest absolute Gasteiger partial charge is 0.231 e. The van der Waals surface area contributed by atoms with E-state index in [9.17, 15) is 0 Å². The molecule has 0 saturated carbocycles. The van der Waals surface area contributed by atoms with E-state index in [0.717, 1.165) is 5.56 Å². The molecule has 0 aliphatic carbocycles. The van der Waals surface area contributed by atoms with E-state index in [2.05, 4.69) is 12.6 Å². The molecule has 13 heavy (non-hydrogen) atoms. The number of rotatable bonds is 1. The molecule has 3 nitrogen and oxygen atoms in total. The van der Waals surface area contributed by atoms with Crippen LogP contribution in [0.15, 0.2) is 18.7 Å². The molecule has 0 spiro atoms. The third kappa shape index (κ3) is 1.04. The van der Waals surface area contributed by atoms with E-state index in [1.165, 1.54) is 0 Å². The second-order valence-corrected chi connectivity index (χ2v) is 2.58. The number of hydrogen-bond donors (Lipinski definition) is 0. The van der Waals surface area contributed by atoms with Gasteiger partial charge >= 0.3 is 0 Å². The van der Waals surface area contributed by atoms with Crippen LogP contribution in [0.1, 0.15) is 11.1 Å². The fourth-order valence-electron chi connectivity index (χ4n) is 1.27. The molecule has 1 aliphatic rings. The first kappa shape index (κ1) is 7.69. The van der Waals surface area contributed by atoms with E-state index in [1.54, 1.807) is 18.2 Å². The molecule has 0 fully saturated rings. The molecule has 0 saturated heterocycles. The summed E-state index contributed by atoms with van der Waals surface area (Å²) in [6.45, 7) is 3.80. The monoisotopic (exact) mass is 173 g/mol. The topological polar surface area (TPSA) is 42.2 Å². The Morgan fingerprint density at radius 3 is 3.00 bits per heavy atom. The lowest BCUT2D eigenvalue weighted by Gasteiger charge is -2.01. The highest BCUT2D eigenvalue weighted by atomic mass is 16.7. The van der Waals surface area contributed by atoms with Crippen LogP contribution >= 0.6 is 0 Å². The van der Waals surface area contributed by atoms with Gasteiger partial charge in [-0.3, -0.25) is 0 Å². The van der Waals surface area contributed by atoms with Gasteiger partial charge < -0.3 is 9.47 Å². The summed E-state index contributed by atoms with van der Waals surface area (Å²) < 4.78 is 10.3. The molecule has 0 radical (unpaired) electrons. The summed E-state index contributed by atoms with van der Waals surface area (Å²) in [5.74, 6) is 1.15. The Balaban J connectivity index is 2.68. The molecule has 3 heteroatoms. The van der Waals surface area contributed by atoms with Crippen molar-refractivity contribution in [1.29, 1.82) is 5.26 Å². The van der Waals surface area contributed by atoms with Gasteiger partial charge in [0, 0.05) is 0 Å². The normalized spacial score (nSPS) is 12.2. The highest BCUT2D eigenvalue weighted by Gasteiger charge is 2.19. The van der Waals surface area contributed by atoms with Gasteiger partial charge in [0.25, 0.3) is 0 Å². The molecule has 0 amide bonds. The van der Waals surface area contributed by atoms with Crippen molar-refractivity contribution in [2.45, 2.75) is 0 Å². The van der Waals surface area contributed by atoms with Crippen LogP contribution in [0.25, 0.3) is 6.08 Å². The molecule has 1 aromatic rings. The summed E-state index contributed by atoms with van der Waals surface area (Å²) >= 11 is 0. The van der Waals surface area contributed by atoms with Crippen molar-refractivity contribution in [2.75, 3.05) is 6.79 Å². The quantitative estimate of drug-likeness (QED) is 0.651. The van der Waals surface area contributed by atoms with Crippen LogP contribution in [0.5, 0.6) is 11.5 Å². The van der Waals surface area contributed by atoms with Crippen molar-refractivity contribution in [3.8, 4) is 17.6 Å². The van der Waals surface area contributed by atoms with E-state index < -0.39 is 0 Å². The van der Waals surface area contributed by atoms with Crippen molar-refractivity contribution >= 4 is 6.08 Å². The average Bonchev–Trinajstić information content (AvgIpc) is 2.63. The van der Waals surface area contributed by atoms with Crippen LogP contribution in [0, 0.1) is 11.3 Å². The third-order valence-electron chi connectivity index (χ3n) is 1.90. The van der Waals surface area contributed by atoms with Gasteiger partial charge in [0.05, 0.1) is 0 Å². The molecule has 0 unspecified atom stereocenters. The lowest BCUT2D eigenvalue weighted by Crippen LogP contribution is -1.94. The van der Waals surface area contributed by atoms with Gasteiger partial charge in [-0.25, -0.2) is 0 Å². The van der Waals surface area contributed by atoms with Crippen molar-refractivity contribution in [3.05, 3.63) is 29.8 Å². The van der Waals surface area contributed by atoms with Crippen LogP contribution in [-0.2, 0) is 0 Å². The molecule has 2 rings (SSSR count). The predicted octanol–water partition coefficient (Wildman–Crippen LogP) is 1.93. The number of nitriles is 1. The van der Waals surface area contributed by atoms with Crippen LogP contribution in [-0.4, -0.2) is 6.79 Å². The second kappa shape index (κ2) is 2.83. The zero-order valence-electron chi connectivity index (χ0n) is 6.91. The molecule has 0 N–H and O–H groups in total. The standard InChI is InChI=1S/C10H7NO2/c1-2-7-3-4-9-10(8(7)5-11)13-6-12-9/h2-4H,1,6H2. The lowest BCUT2D eigenvalue weighted by atomic mass is 10.1. The lowest BCUT2D eigenvalue weighted by molar-refractivity contribution is 0.173. The van der Waals surface area contributed by atoms with E-state index >= 15 is 0 Å². The minimum absolute atomic E-state index is 0.185. The summed E-state index contributed by atoms with van der Waals surface area (Å²) in [7, 11) is 0. The zero-order chi connectivity index (χ0) is 9.26.